The molecule has 2 rings (SSSR count). The van der Waals surface area contributed by atoms with Crippen LogP contribution in [0.1, 0.15) is 110 Å². The second kappa shape index (κ2) is 25.0. The molecule has 0 aromatic carbocycles. The molecule has 2 heterocycles. The van der Waals surface area contributed by atoms with E-state index in [2.05, 4.69) is 25.0 Å². The van der Waals surface area contributed by atoms with Crippen molar-refractivity contribution in [2.24, 2.45) is 11.8 Å². The maximum absolute atomic E-state index is 11.4. The van der Waals surface area contributed by atoms with Crippen LogP contribution >= 0.6 is 0 Å². The molecule has 0 spiro atoms. The second-order valence-electron chi connectivity index (χ2n) is 9.58. The van der Waals surface area contributed by atoms with Gasteiger partial charge in [0.05, 0.1) is 33.4 Å². The summed E-state index contributed by atoms with van der Waals surface area (Å²) in [6.45, 7) is 6.04. The highest BCUT2D eigenvalue weighted by Crippen LogP contribution is 2.18. The Bertz CT molecular complexity index is 626. The van der Waals surface area contributed by atoms with E-state index in [1.807, 2.05) is 0 Å². The van der Waals surface area contributed by atoms with Crippen LogP contribution < -0.4 is 0 Å². The summed E-state index contributed by atoms with van der Waals surface area (Å²) in [4.78, 5) is 43.6. The van der Waals surface area contributed by atoms with Gasteiger partial charge in [0.15, 0.2) is 6.42 Å². The van der Waals surface area contributed by atoms with Gasteiger partial charge in [-0.25, -0.2) is 4.79 Å². The van der Waals surface area contributed by atoms with E-state index in [1.54, 1.807) is 0 Å². The van der Waals surface area contributed by atoms with Gasteiger partial charge in [-0.3, -0.25) is 14.4 Å². The van der Waals surface area contributed by atoms with E-state index in [-0.39, 0.29) is 30.5 Å². The predicted molar refractivity (Wildman–Crippen MR) is 144 cm³/mol. The lowest BCUT2D eigenvalue weighted by Gasteiger charge is -2.14. The van der Waals surface area contributed by atoms with Gasteiger partial charge in [0.25, 0.3) is 0 Å². The molecule has 0 bridgehead atoms. The maximum Gasteiger partial charge on any atom is 0.351 e. The van der Waals surface area contributed by atoms with Gasteiger partial charge >= 0.3 is 23.9 Å². The molecule has 1 N–H and O–H groups in total. The quantitative estimate of drug-likeness (QED) is 0.146. The van der Waals surface area contributed by atoms with Crippen molar-refractivity contribution in [2.45, 2.75) is 110 Å². The minimum absolute atomic E-state index is 0.0255. The van der Waals surface area contributed by atoms with Crippen LogP contribution in [0.2, 0.25) is 0 Å². The summed E-state index contributed by atoms with van der Waals surface area (Å²) < 4.78 is 19.4. The number of carbonyl (C=O) groups excluding carboxylic acids is 4. The third-order valence-corrected chi connectivity index (χ3v) is 6.57. The zero-order chi connectivity index (χ0) is 28.4. The average molecular weight is 544 g/mol. The first-order valence-corrected chi connectivity index (χ1v) is 14.3. The Morgan fingerprint density at radius 2 is 1.74 bits per heavy atom. The van der Waals surface area contributed by atoms with Gasteiger partial charge in [0.1, 0.15) is 5.92 Å². The molecular weight excluding hydrogens is 492 g/mol. The van der Waals surface area contributed by atoms with E-state index in [9.17, 15) is 19.2 Å². The predicted octanol–water partition coefficient (Wildman–Crippen LogP) is 5.11. The smallest absolute Gasteiger partial charge is 0.351 e. The number of ether oxygens (including phenoxy) is 4. The van der Waals surface area contributed by atoms with E-state index in [0.717, 1.165) is 70.6 Å². The maximum atomic E-state index is 11.4. The van der Waals surface area contributed by atoms with Crippen molar-refractivity contribution in [3.63, 3.8) is 0 Å². The molecule has 220 valence electrons. The molecule has 9 heteroatoms. The zero-order valence-electron chi connectivity index (χ0n) is 23.9. The van der Waals surface area contributed by atoms with Crippen molar-refractivity contribution >= 4 is 23.9 Å². The highest BCUT2D eigenvalue weighted by molar-refractivity contribution is 5.71. The molecule has 2 aliphatic rings. The summed E-state index contributed by atoms with van der Waals surface area (Å²) in [7, 11) is 1.39. The van der Waals surface area contributed by atoms with Crippen molar-refractivity contribution in [3.8, 4) is 0 Å². The van der Waals surface area contributed by atoms with Gasteiger partial charge in [0.2, 0.25) is 0 Å². The van der Waals surface area contributed by atoms with Crippen molar-refractivity contribution in [1.29, 1.82) is 0 Å². The highest BCUT2D eigenvalue weighted by atomic mass is 16.5. The molecule has 0 aromatic heterocycles. The third kappa shape index (κ3) is 21.8. The fraction of sp³-hybridized carbons (Fsp3) is 0.828. The zero-order valence-corrected chi connectivity index (χ0v) is 23.9. The molecular formula is C29H51O9+. The van der Waals surface area contributed by atoms with Crippen LogP contribution in [0.4, 0.5) is 0 Å². The Morgan fingerprint density at radius 3 is 2.42 bits per heavy atom. The average Bonchev–Trinajstić information content (AvgIpc) is 3.30. The number of cyclic esters (lactones) is 2. The van der Waals surface area contributed by atoms with Crippen LogP contribution in [0.5, 0.6) is 0 Å². The minimum atomic E-state index is -0.190. The molecule has 38 heavy (non-hydrogen) atoms. The summed E-state index contributed by atoms with van der Waals surface area (Å²) >= 11 is 0. The van der Waals surface area contributed by atoms with Crippen molar-refractivity contribution < 1.29 is 43.2 Å². The Morgan fingerprint density at radius 1 is 0.974 bits per heavy atom. The van der Waals surface area contributed by atoms with Crippen LogP contribution in [0.15, 0.2) is 0 Å². The molecule has 2 unspecified atom stereocenters. The van der Waals surface area contributed by atoms with Crippen LogP contribution in [-0.4, -0.2) is 62.5 Å². The summed E-state index contributed by atoms with van der Waals surface area (Å²) in [5.74, 6) is 0.510. The largest absolute Gasteiger partial charge is 0.469 e. The Hall–Kier alpha value is -2.29. The van der Waals surface area contributed by atoms with Crippen LogP contribution in [0, 0.1) is 18.3 Å². The van der Waals surface area contributed by atoms with Crippen LogP contribution in [0.3, 0.4) is 0 Å². The topological polar surface area (TPSA) is 125 Å². The van der Waals surface area contributed by atoms with Crippen molar-refractivity contribution in [3.05, 3.63) is 6.42 Å². The van der Waals surface area contributed by atoms with Gasteiger partial charge in [-0.15, -0.1) is 0 Å². The number of methoxy groups -OCH3 is 1. The molecule has 0 aromatic rings. The molecule has 0 amide bonds. The van der Waals surface area contributed by atoms with Gasteiger partial charge in [-0.05, 0) is 57.3 Å². The number of unbranched alkanes of at least 4 members (excludes halogenated alkanes) is 2. The number of hydrogen-bond donors (Lipinski definition) is 1. The van der Waals surface area contributed by atoms with E-state index in [4.69, 9.17) is 19.3 Å². The van der Waals surface area contributed by atoms with E-state index in [0.29, 0.717) is 57.3 Å². The highest BCUT2D eigenvalue weighted by Gasteiger charge is 2.23. The molecule has 0 saturated carbocycles. The second-order valence-corrected chi connectivity index (χ2v) is 9.58. The number of esters is 4. The molecule has 2 aliphatic heterocycles. The van der Waals surface area contributed by atoms with Crippen LogP contribution in [0.25, 0.3) is 0 Å². The summed E-state index contributed by atoms with van der Waals surface area (Å²) in [5, 5.41) is 8.62. The number of rotatable bonds is 13. The Labute approximate surface area is 229 Å². The molecule has 2 atom stereocenters. The lowest BCUT2D eigenvalue weighted by atomic mass is 9.97. The molecule has 0 radical (unpaired) electrons. The minimum Gasteiger partial charge on any atom is -0.469 e. The van der Waals surface area contributed by atoms with Gasteiger partial charge in [0, 0.05) is 32.3 Å². The first-order valence-electron chi connectivity index (χ1n) is 14.3. The number of hydrogen-bond acceptors (Lipinski definition) is 9. The van der Waals surface area contributed by atoms with Gasteiger partial charge in [-0.1, -0.05) is 26.7 Å². The molecule has 2 fully saturated rings. The lowest BCUT2D eigenvalue weighted by molar-refractivity contribution is -0.145. The normalized spacial score (nSPS) is 17.8. The molecule has 0 aliphatic carbocycles. The van der Waals surface area contributed by atoms with Crippen LogP contribution in [-0.2, 0) is 38.1 Å². The fourth-order valence-electron chi connectivity index (χ4n) is 3.89. The molecule has 2 saturated heterocycles. The first-order chi connectivity index (χ1) is 18.4. The monoisotopic (exact) mass is 543 g/mol. The summed E-state index contributed by atoms with van der Waals surface area (Å²) in [6, 6.07) is 0. The van der Waals surface area contributed by atoms with Gasteiger partial charge in [-0.2, -0.15) is 0 Å². The van der Waals surface area contributed by atoms with Crippen molar-refractivity contribution in [2.75, 3.05) is 33.5 Å². The van der Waals surface area contributed by atoms with E-state index in [1.165, 1.54) is 7.11 Å². The fourth-order valence-corrected chi connectivity index (χ4v) is 3.89. The Kier molecular flexibility index (Phi) is 23.5. The van der Waals surface area contributed by atoms with Gasteiger partial charge < -0.3 is 24.1 Å². The third-order valence-electron chi connectivity index (χ3n) is 6.57. The summed E-state index contributed by atoms with van der Waals surface area (Å²) in [5.41, 5.74) is 0. The number of aliphatic hydroxyl groups excluding tert-OH is 1. The van der Waals surface area contributed by atoms with E-state index < -0.39 is 0 Å². The standard InChI is InChI=1S/C15H28O5.C8H13O2.C6H10O2/c1-3-13(8-9-14(17)19-2)10-12-20-15(18)7-5-4-6-11-16;1-2-7-3-4-8(9)10-6-5-7;7-6-4-2-1-3-5-8-6/h13,16H,3-12H2,1-2H3;3,7H,2,4-6H2,1H3;1-5H2/q;+1;. The number of aliphatic hydroxyl groups is 1. The first kappa shape index (κ1) is 35.7. The lowest BCUT2D eigenvalue weighted by Crippen LogP contribution is -2.11. The Balaban J connectivity index is 0.000000621. The number of carbonyl (C=O) groups is 4. The van der Waals surface area contributed by atoms with Crippen molar-refractivity contribution in [1.82, 2.24) is 0 Å². The summed E-state index contributed by atoms with van der Waals surface area (Å²) in [6.07, 6.45) is 14.2. The molecule has 9 nitrogen and oxygen atoms in total. The van der Waals surface area contributed by atoms with E-state index >= 15 is 0 Å². The SMILES string of the molecule is CCC(CCOC(=O)CCCCCO)CCC(=O)OC.CCC1[CH+]CC(=O)OCC1.O=C1CCCCCO1.